The van der Waals surface area contributed by atoms with E-state index in [9.17, 15) is 10.1 Å². The van der Waals surface area contributed by atoms with E-state index < -0.39 is 4.92 Å². The highest BCUT2D eigenvalue weighted by Gasteiger charge is 2.32. The maximum atomic E-state index is 11.0. The minimum atomic E-state index is -0.541. The first kappa shape index (κ1) is 12.5. The standard InChI is InChI=1S/C11H17N5O2/c1-6-3-4-8(7(6)2)15-11-9(16(17)18)10(12)13-5-14-11/h5-8H,3-4H2,1-2H3,(H3,12,13,14,15). The van der Waals surface area contributed by atoms with Crippen LogP contribution >= 0.6 is 0 Å². The molecular weight excluding hydrogens is 234 g/mol. The lowest BCUT2D eigenvalue weighted by atomic mass is 9.98. The summed E-state index contributed by atoms with van der Waals surface area (Å²) in [6.45, 7) is 4.33. The van der Waals surface area contributed by atoms with Gasteiger partial charge in [0.1, 0.15) is 6.33 Å². The highest BCUT2D eigenvalue weighted by atomic mass is 16.6. The third kappa shape index (κ3) is 2.20. The third-order valence-electron chi connectivity index (χ3n) is 3.82. The van der Waals surface area contributed by atoms with E-state index >= 15 is 0 Å². The number of nitro groups is 1. The van der Waals surface area contributed by atoms with Crippen LogP contribution in [-0.2, 0) is 0 Å². The maximum Gasteiger partial charge on any atom is 0.352 e. The molecule has 1 aliphatic rings. The number of rotatable bonds is 3. The molecule has 18 heavy (non-hydrogen) atoms. The van der Waals surface area contributed by atoms with Crippen LogP contribution in [0.15, 0.2) is 6.33 Å². The fourth-order valence-electron chi connectivity index (χ4n) is 2.42. The molecule has 3 N–H and O–H groups in total. The Kier molecular flexibility index (Phi) is 3.31. The van der Waals surface area contributed by atoms with Crippen LogP contribution in [0.3, 0.4) is 0 Å². The predicted molar refractivity (Wildman–Crippen MR) is 68.1 cm³/mol. The van der Waals surface area contributed by atoms with Gasteiger partial charge in [-0.25, -0.2) is 9.97 Å². The van der Waals surface area contributed by atoms with Crippen LogP contribution in [0.4, 0.5) is 17.3 Å². The molecule has 1 aromatic rings. The number of nitrogens with two attached hydrogens (primary N) is 1. The summed E-state index contributed by atoms with van der Waals surface area (Å²) >= 11 is 0. The van der Waals surface area contributed by atoms with Gasteiger partial charge < -0.3 is 11.1 Å². The largest absolute Gasteiger partial charge is 0.378 e. The van der Waals surface area contributed by atoms with Gasteiger partial charge in [-0.3, -0.25) is 10.1 Å². The van der Waals surface area contributed by atoms with Gasteiger partial charge in [0.15, 0.2) is 0 Å². The summed E-state index contributed by atoms with van der Waals surface area (Å²) in [5.41, 5.74) is 5.29. The second-order valence-electron chi connectivity index (χ2n) is 4.88. The predicted octanol–water partition coefficient (Wildman–Crippen LogP) is 1.81. The van der Waals surface area contributed by atoms with Crippen molar-refractivity contribution in [2.24, 2.45) is 11.8 Å². The van der Waals surface area contributed by atoms with Gasteiger partial charge in [-0.1, -0.05) is 13.8 Å². The second kappa shape index (κ2) is 4.75. The molecule has 0 aromatic carbocycles. The number of nitrogen functional groups attached to an aromatic ring is 1. The first-order valence-electron chi connectivity index (χ1n) is 6.02. The second-order valence-corrected chi connectivity index (χ2v) is 4.88. The summed E-state index contributed by atoms with van der Waals surface area (Å²) in [6.07, 6.45) is 3.35. The SMILES string of the molecule is CC1CCC(Nc2ncnc(N)c2[N+](=O)[O-])C1C. The molecule has 1 fully saturated rings. The zero-order valence-corrected chi connectivity index (χ0v) is 10.5. The van der Waals surface area contributed by atoms with E-state index in [1.54, 1.807) is 0 Å². The Hall–Kier alpha value is -1.92. The van der Waals surface area contributed by atoms with E-state index in [-0.39, 0.29) is 23.4 Å². The molecule has 1 heterocycles. The maximum absolute atomic E-state index is 11.0. The van der Waals surface area contributed by atoms with Crippen molar-refractivity contribution >= 4 is 17.3 Å². The van der Waals surface area contributed by atoms with E-state index in [0.717, 1.165) is 12.8 Å². The molecule has 98 valence electrons. The van der Waals surface area contributed by atoms with E-state index in [4.69, 9.17) is 5.73 Å². The Morgan fingerprint density at radius 1 is 1.44 bits per heavy atom. The Balaban J connectivity index is 2.24. The van der Waals surface area contributed by atoms with Crippen molar-refractivity contribution in [1.82, 2.24) is 9.97 Å². The average Bonchev–Trinajstić information content (AvgIpc) is 2.60. The molecule has 0 aliphatic heterocycles. The molecule has 0 radical (unpaired) electrons. The van der Waals surface area contributed by atoms with Gasteiger partial charge in [-0.05, 0) is 24.7 Å². The Morgan fingerprint density at radius 2 is 2.17 bits per heavy atom. The summed E-state index contributed by atoms with van der Waals surface area (Å²) in [7, 11) is 0. The molecule has 7 nitrogen and oxygen atoms in total. The van der Waals surface area contributed by atoms with E-state index in [2.05, 4.69) is 29.1 Å². The molecule has 3 atom stereocenters. The normalized spacial score (nSPS) is 27.1. The van der Waals surface area contributed by atoms with E-state index in [1.165, 1.54) is 6.33 Å². The fraction of sp³-hybridized carbons (Fsp3) is 0.636. The molecule has 3 unspecified atom stereocenters. The van der Waals surface area contributed by atoms with Crippen molar-refractivity contribution < 1.29 is 4.92 Å². The van der Waals surface area contributed by atoms with Crippen LogP contribution in [-0.4, -0.2) is 20.9 Å². The molecule has 1 aromatic heterocycles. The van der Waals surface area contributed by atoms with Crippen LogP contribution < -0.4 is 11.1 Å². The molecule has 0 amide bonds. The number of aromatic nitrogens is 2. The van der Waals surface area contributed by atoms with Gasteiger partial charge in [-0.15, -0.1) is 0 Å². The Labute approximate surface area is 105 Å². The zero-order valence-electron chi connectivity index (χ0n) is 10.5. The van der Waals surface area contributed by atoms with Gasteiger partial charge in [0.25, 0.3) is 0 Å². The van der Waals surface area contributed by atoms with Gasteiger partial charge in [-0.2, -0.15) is 0 Å². The van der Waals surface area contributed by atoms with Crippen LogP contribution in [0.5, 0.6) is 0 Å². The van der Waals surface area contributed by atoms with Crippen molar-refractivity contribution in [3.63, 3.8) is 0 Å². The lowest BCUT2D eigenvalue weighted by molar-refractivity contribution is -0.383. The van der Waals surface area contributed by atoms with Crippen molar-refractivity contribution in [2.75, 3.05) is 11.1 Å². The van der Waals surface area contributed by atoms with Crippen LogP contribution in [0.1, 0.15) is 26.7 Å². The smallest absolute Gasteiger partial charge is 0.352 e. The van der Waals surface area contributed by atoms with Crippen molar-refractivity contribution in [3.8, 4) is 0 Å². The molecular formula is C11H17N5O2. The minimum absolute atomic E-state index is 0.101. The summed E-state index contributed by atoms with van der Waals surface area (Å²) in [6, 6.07) is 0.202. The Bertz CT molecular complexity index is 465. The monoisotopic (exact) mass is 251 g/mol. The van der Waals surface area contributed by atoms with Gasteiger partial charge in [0.2, 0.25) is 11.6 Å². The van der Waals surface area contributed by atoms with E-state index in [1.807, 2.05) is 0 Å². The molecule has 1 saturated carbocycles. The molecule has 0 bridgehead atoms. The summed E-state index contributed by atoms with van der Waals surface area (Å²) < 4.78 is 0. The molecule has 7 heteroatoms. The topological polar surface area (TPSA) is 107 Å². The molecule has 0 saturated heterocycles. The third-order valence-corrected chi connectivity index (χ3v) is 3.82. The van der Waals surface area contributed by atoms with Crippen LogP contribution in [0.25, 0.3) is 0 Å². The van der Waals surface area contributed by atoms with Gasteiger partial charge in [0, 0.05) is 6.04 Å². The van der Waals surface area contributed by atoms with Crippen molar-refractivity contribution in [3.05, 3.63) is 16.4 Å². The summed E-state index contributed by atoms with van der Waals surface area (Å²) in [5.74, 6) is 1.19. The first-order chi connectivity index (χ1) is 8.50. The lowest BCUT2D eigenvalue weighted by Gasteiger charge is -2.20. The molecule has 1 aliphatic carbocycles. The van der Waals surface area contributed by atoms with Crippen LogP contribution in [0, 0.1) is 22.0 Å². The number of nitrogens with zero attached hydrogens (tertiary/aromatic N) is 3. The number of anilines is 2. The number of nitrogens with one attached hydrogen (secondary N) is 1. The van der Waals surface area contributed by atoms with Crippen LogP contribution in [0.2, 0.25) is 0 Å². The quantitative estimate of drug-likeness (QED) is 0.626. The first-order valence-corrected chi connectivity index (χ1v) is 6.02. The van der Waals surface area contributed by atoms with E-state index in [0.29, 0.717) is 11.8 Å². The van der Waals surface area contributed by atoms with Crippen molar-refractivity contribution in [1.29, 1.82) is 0 Å². The minimum Gasteiger partial charge on any atom is -0.378 e. The fourth-order valence-corrected chi connectivity index (χ4v) is 2.42. The highest BCUT2D eigenvalue weighted by Crippen LogP contribution is 2.35. The zero-order chi connectivity index (χ0) is 13.3. The average molecular weight is 251 g/mol. The van der Waals surface area contributed by atoms with Gasteiger partial charge >= 0.3 is 5.69 Å². The molecule has 0 spiro atoms. The lowest BCUT2D eigenvalue weighted by Crippen LogP contribution is -2.25. The van der Waals surface area contributed by atoms with Crippen molar-refractivity contribution in [2.45, 2.75) is 32.7 Å². The number of hydrogen-bond donors (Lipinski definition) is 2. The summed E-state index contributed by atoms with van der Waals surface area (Å²) in [5, 5.41) is 14.1. The highest BCUT2D eigenvalue weighted by molar-refractivity contribution is 5.67. The molecule has 2 rings (SSSR count). The summed E-state index contributed by atoms with van der Waals surface area (Å²) in [4.78, 5) is 18.0. The van der Waals surface area contributed by atoms with Gasteiger partial charge in [0.05, 0.1) is 4.92 Å². The number of hydrogen-bond acceptors (Lipinski definition) is 6. The Morgan fingerprint density at radius 3 is 2.72 bits per heavy atom.